The van der Waals surface area contributed by atoms with Crippen molar-refractivity contribution in [3.05, 3.63) is 59.2 Å². The number of aromatic nitrogens is 2. The maximum absolute atomic E-state index is 12.7. The van der Waals surface area contributed by atoms with Crippen LogP contribution in [-0.4, -0.2) is 53.5 Å². The van der Waals surface area contributed by atoms with E-state index in [0.717, 1.165) is 18.4 Å². The van der Waals surface area contributed by atoms with E-state index in [1.807, 2.05) is 30.3 Å². The first-order chi connectivity index (χ1) is 13.8. The highest BCUT2D eigenvalue weighted by molar-refractivity contribution is 7.86. The summed E-state index contributed by atoms with van der Waals surface area (Å²) in [5.41, 5.74) is 1.93. The van der Waals surface area contributed by atoms with Crippen LogP contribution in [0, 0.1) is 6.92 Å². The fraction of sp³-hybridized carbons (Fsp3) is 0.450. The van der Waals surface area contributed by atoms with Gasteiger partial charge in [0.2, 0.25) is 0 Å². The first kappa shape index (κ1) is 21.4. The van der Waals surface area contributed by atoms with E-state index in [9.17, 15) is 13.2 Å². The second-order valence-electron chi connectivity index (χ2n) is 7.31. The Balaban J connectivity index is 1.78. The Morgan fingerprint density at radius 3 is 2.62 bits per heavy atom. The molecular formula is C20H27N5O3S. The van der Waals surface area contributed by atoms with Crippen LogP contribution in [0.25, 0.3) is 0 Å². The van der Waals surface area contributed by atoms with Gasteiger partial charge in [0.1, 0.15) is 5.82 Å². The zero-order valence-corrected chi connectivity index (χ0v) is 17.8. The molecular weight excluding hydrogens is 390 g/mol. The molecule has 1 fully saturated rings. The number of carbonyl (C=O) groups excluding carboxylic acids is 1. The van der Waals surface area contributed by atoms with Crippen molar-refractivity contribution in [1.29, 1.82) is 0 Å². The van der Waals surface area contributed by atoms with Crippen LogP contribution in [0.3, 0.4) is 0 Å². The van der Waals surface area contributed by atoms with Gasteiger partial charge in [0.25, 0.3) is 16.1 Å². The van der Waals surface area contributed by atoms with Crippen molar-refractivity contribution in [2.24, 2.45) is 0 Å². The minimum absolute atomic E-state index is 0.251. The number of nitrogens with one attached hydrogen (secondary N) is 1. The van der Waals surface area contributed by atoms with Gasteiger partial charge in [0, 0.05) is 33.4 Å². The van der Waals surface area contributed by atoms with E-state index in [0.29, 0.717) is 36.6 Å². The van der Waals surface area contributed by atoms with Crippen molar-refractivity contribution >= 4 is 16.1 Å². The lowest BCUT2D eigenvalue weighted by Gasteiger charge is -2.35. The predicted molar refractivity (Wildman–Crippen MR) is 110 cm³/mol. The third kappa shape index (κ3) is 4.80. The molecule has 0 aliphatic carbocycles. The molecule has 1 aromatic carbocycles. The summed E-state index contributed by atoms with van der Waals surface area (Å²) in [6, 6.07) is 9.22. The van der Waals surface area contributed by atoms with Crippen molar-refractivity contribution in [1.82, 2.24) is 23.9 Å². The SMILES string of the molecule is Cc1nc([C@H]2CCCCN2S(=O)(=O)N(C)C)ncc1C(=O)NCc1ccccc1. The second-order valence-corrected chi connectivity index (χ2v) is 9.40. The summed E-state index contributed by atoms with van der Waals surface area (Å²) in [6.07, 6.45) is 3.87. The molecule has 1 atom stereocenters. The number of amides is 1. The monoisotopic (exact) mass is 417 g/mol. The number of rotatable bonds is 6. The van der Waals surface area contributed by atoms with Gasteiger partial charge in [0.15, 0.2) is 0 Å². The number of benzene rings is 1. The van der Waals surface area contributed by atoms with Gasteiger partial charge < -0.3 is 5.32 Å². The average molecular weight is 418 g/mol. The minimum Gasteiger partial charge on any atom is -0.348 e. The van der Waals surface area contributed by atoms with Gasteiger partial charge in [-0.1, -0.05) is 36.8 Å². The number of aryl methyl sites for hydroxylation is 1. The Hall–Kier alpha value is -2.36. The molecule has 1 amide bonds. The molecule has 9 heteroatoms. The lowest BCUT2D eigenvalue weighted by molar-refractivity contribution is 0.0949. The number of carbonyl (C=O) groups is 1. The third-order valence-electron chi connectivity index (χ3n) is 5.05. The molecule has 0 spiro atoms. The Morgan fingerprint density at radius 1 is 1.24 bits per heavy atom. The van der Waals surface area contributed by atoms with Crippen molar-refractivity contribution < 1.29 is 13.2 Å². The van der Waals surface area contributed by atoms with E-state index < -0.39 is 16.3 Å². The third-order valence-corrected chi connectivity index (χ3v) is 7.00. The summed E-state index contributed by atoms with van der Waals surface area (Å²) in [6.45, 7) is 2.60. The molecule has 8 nitrogen and oxygen atoms in total. The zero-order valence-electron chi connectivity index (χ0n) is 17.0. The van der Waals surface area contributed by atoms with Crippen molar-refractivity contribution in [3.63, 3.8) is 0 Å². The normalized spacial score (nSPS) is 18.0. The highest BCUT2D eigenvalue weighted by atomic mass is 32.2. The Morgan fingerprint density at radius 2 is 1.97 bits per heavy atom. The Labute approximate surface area is 172 Å². The summed E-state index contributed by atoms with van der Waals surface area (Å²) in [4.78, 5) is 21.4. The standard InChI is InChI=1S/C20H27N5O3S/c1-15-17(20(26)22-13-16-9-5-4-6-10-16)14-21-19(23-15)18-11-7-8-12-25(18)29(27,28)24(2)3/h4-6,9-10,14,18H,7-8,11-13H2,1-3H3,(H,22,26)/t18-/m1/s1. The van der Waals surface area contributed by atoms with Gasteiger partial charge in [0.05, 0.1) is 17.3 Å². The molecule has 1 aliphatic rings. The van der Waals surface area contributed by atoms with Gasteiger partial charge in [-0.05, 0) is 25.3 Å². The molecule has 1 aliphatic heterocycles. The summed E-state index contributed by atoms with van der Waals surface area (Å²) in [7, 11) is -0.526. The first-order valence-corrected chi connectivity index (χ1v) is 11.1. The quantitative estimate of drug-likeness (QED) is 0.776. The van der Waals surface area contributed by atoms with Crippen LogP contribution in [0.4, 0.5) is 0 Å². The predicted octanol–water partition coefficient (Wildman–Crippen LogP) is 2.05. The Bertz CT molecular complexity index is 963. The van der Waals surface area contributed by atoms with Crippen LogP contribution in [0.5, 0.6) is 0 Å². The summed E-state index contributed by atoms with van der Waals surface area (Å²) >= 11 is 0. The minimum atomic E-state index is -3.57. The van der Waals surface area contributed by atoms with Gasteiger partial charge in [-0.25, -0.2) is 9.97 Å². The number of hydrogen-bond donors (Lipinski definition) is 1. The van der Waals surface area contributed by atoms with E-state index >= 15 is 0 Å². The maximum Gasteiger partial charge on any atom is 0.282 e. The van der Waals surface area contributed by atoms with Crippen LogP contribution in [0.2, 0.25) is 0 Å². The van der Waals surface area contributed by atoms with Gasteiger partial charge in [-0.3, -0.25) is 4.79 Å². The largest absolute Gasteiger partial charge is 0.348 e. The summed E-state index contributed by atoms with van der Waals surface area (Å²) in [5, 5.41) is 2.87. The number of piperidine rings is 1. The molecule has 1 aromatic heterocycles. The van der Waals surface area contributed by atoms with Gasteiger partial charge in [-0.15, -0.1) is 0 Å². The van der Waals surface area contributed by atoms with Crippen molar-refractivity contribution in [3.8, 4) is 0 Å². The number of hydrogen-bond acceptors (Lipinski definition) is 5. The lowest BCUT2D eigenvalue weighted by atomic mass is 10.0. The fourth-order valence-electron chi connectivity index (χ4n) is 3.39. The van der Waals surface area contributed by atoms with E-state index in [1.165, 1.54) is 28.9 Å². The van der Waals surface area contributed by atoms with Crippen LogP contribution < -0.4 is 5.32 Å². The molecule has 1 saturated heterocycles. The fourth-order valence-corrected chi connectivity index (χ4v) is 4.69. The Kier molecular flexibility index (Phi) is 6.61. The molecule has 0 unspecified atom stereocenters. The second kappa shape index (κ2) is 8.98. The van der Waals surface area contributed by atoms with Crippen molar-refractivity contribution in [2.45, 2.75) is 38.8 Å². The van der Waals surface area contributed by atoms with E-state index in [-0.39, 0.29) is 5.91 Å². The summed E-state index contributed by atoms with van der Waals surface area (Å²) in [5.74, 6) is 0.187. The van der Waals surface area contributed by atoms with Crippen LogP contribution in [0.1, 0.15) is 52.7 Å². The molecule has 0 saturated carbocycles. The van der Waals surface area contributed by atoms with Crippen molar-refractivity contribution in [2.75, 3.05) is 20.6 Å². The highest BCUT2D eigenvalue weighted by Crippen LogP contribution is 2.32. The topological polar surface area (TPSA) is 95.5 Å². The molecule has 1 N–H and O–H groups in total. The van der Waals surface area contributed by atoms with Crippen LogP contribution in [-0.2, 0) is 16.8 Å². The van der Waals surface area contributed by atoms with Gasteiger partial charge >= 0.3 is 0 Å². The molecule has 2 aromatic rings. The zero-order chi connectivity index (χ0) is 21.0. The van der Waals surface area contributed by atoms with Crippen LogP contribution >= 0.6 is 0 Å². The molecule has 3 rings (SSSR count). The van der Waals surface area contributed by atoms with Gasteiger partial charge in [-0.2, -0.15) is 17.0 Å². The molecule has 29 heavy (non-hydrogen) atoms. The highest BCUT2D eigenvalue weighted by Gasteiger charge is 2.36. The lowest BCUT2D eigenvalue weighted by Crippen LogP contribution is -2.45. The molecule has 156 valence electrons. The number of nitrogens with zero attached hydrogens (tertiary/aromatic N) is 4. The molecule has 0 radical (unpaired) electrons. The average Bonchev–Trinajstić information content (AvgIpc) is 2.72. The molecule has 0 bridgehead atoms. The first-order valence-electron chi connectivity index (χ1n) is 9.65. The smallest absolute Gasteiger partial charge is 0.282 e. The van der Waals surface area contributed by atoms with E-state index in [4.69, 9.17) is 0 Å². The van der Waals surface area contributed by atoms with E-state index in [1.54, 1.807) is 6.92 Å². The maximum atomic E-state index is 12.7. The van der Waals surface area contributed by atoms with Crippen LogP contribution in [0.15, 0.2) is 36.5 Å². The molecule has 2 heterocycles. The summed E-state index contributed by atoms with van der Waals surface area (Å²) < 4.78 is 28.0. The van der Waals surface area contributed by atoms with E-state index in [2.05, 4.69) is 15.3 Å².